The van der Waals surface area contributed by atoms with Crippen molar-refractivity contribution in [2.45, 2.75) is 56.9 Å². The molecule has 1 unspecified atom stereocenters. The molecule has 0 saturated heterocycles. The van der Waals surface area contributed by atoms with Gasteiger partial charge in [0.1, 0.15) is 40.5 Å². The summed E-state index contributed by atoms with van der Waals surface area (Å²) in [4.78, 5) is 34.6. The Bertz CT molecular complexity index is 1970. The molecule has 1 aliphatic heterocycles. The normalized spacial score (nSPS) is 18.7. The Kier molecular flexibility index (Phi) is 7.83. The van der Waals surface area contributed by atoms with Gasteiger partial charge in [0.2, 0.25) is 11.5 Å². The van der Waals surface area contributed by atoms with Gasteiger partial charge < -0.3 is 25.6 Å². The van der Waals surface area contributed by atoms with E-state index in [-0.39, 0.29) is 45.9 Å². The molecule has 9 nitrogen and oxygen atoms in total. The lowest BCUT2D eigenvalue weighted by Gasteiger charge is -2.31. The van der Waals surface area contributed by atoms with Crippen molar-refractivity contribution in [2.24, 2.45) is 5.73 Å². The van der Waals surface area contributed by atoms with Crippen LogP contribution in [0.25, 0.3) is 22.2 Å². The minimum absolute atomic E-state index is 0.0130. The maximum atomic E-state index is 14.8. The predicted molar refractivity (Wildman–Crippen MR) is 164 cm³/mol. The highest BCUT2D eigenvalue weighted by atomic mass is 35.5. The molecule has 0 radical (unpaired) electrons. The summed E-state index contributed by atoms with van der Waals surface area (Å²) in [5, 5.41) is 13.8. The maximum absolute atomic E-state index is 14.8. The predicted octanol–water partition coefficient (Wildman–Crippen LogP) is 5.56. The molecule has 1 saturated carbocycles. The molecule has 14 heteroatoms. The number of alkyl halides is 3. The van der Waals surface area contributed by atoms with Gasteiger partial charge in [0, 0.05) is 27.8 Å². The van der Waals surface area contributed by atoms with E-state index >= 15 is 0 Å². The Hall–Kier alpha value is -4.49. The van der Waals surface area contributed by atoms with Crippen LogP contribution < -0.4 is 20.5 Å². The van der Waals surface area contributed by atoms with Gasteiger partial charge in [-0.2, -0.15) is 13.2 Å². The molecular weight excluding hydrogens is 644 g/mol. The molecule has 2 aliphatic rings. The van der Waals surface area contributed by atoms with Gasteiger partial charge in [0.25, 0.3) is 5.91 Å². The number of nitrogens with zero attached hydrogens (tertiary/aromatic N) is 2. The minimum Gasteiger partial charge on any atom is -0.489 e. The molecule has 6 rings (SSSR count). The highest BCUT2D eigenvalue weighted by Gasteiger charge is 2.57. The molecule has 1 fully saturated rings. The number of amides is 2. The molecule has 2 aromatic heterocycles. The van der Waals surface area contributed by atoms with Crippen LogP contribution in [0.5, 0.6) is 11.5 Å². The fraction of sp³-hybridized carbons (Fsp3) is 0.333. The van der Waals surface area contributed by atoms with Gasteiger partial charge in [0.15, 0.2) is 0 Å². The first kappa shape index (κ1) is 32.5. The molecule has 2 amide bonds. The smallest absolute Gasteiger partial charge is 0.424 e. The van der Waals surface area contributed by atoms with Crippen molar-refractivity contribution in [1.82, 2.24) is 15.3 Å². The number of fused-ring (bicyclic) bond motifs is 2. The van der Waals surface area contributed by atoms with E-state index in [1.54, 1.807) is 6.07 Å². The third kappa shape index (κ3) is 5.71. The number of pyridine rings is 2. The summed E-state index contributed by atoms with van der Waals surface area (Å²) in [5.41, 5.74) is 1.13. The van der Waals surface area contributed by atoms with Crippen LogP contribution in [0.3, 0.4) is 0 Å². The average Bonchev–Trinajstić information content (AvgIpc) is 3.76. The number of aryl methyl sites for hydroxylation is 2. The summed E-state index contributed by atoms with van der Waals surface area (Å²) < 4.78 is 70.2. The summed E-state index contributed by atoms with van der Waals surface area (Å²) in [6.07, 6.45) is -3.80. The summed E-state index contributed by atoms with van der Waals surface area (Å²) in [6, 6.07) is 8.90. The monoisotopic (exact) mass is 672 g/mol. The summed E-state index contributed by atoms with van der Waals surface area (Å²) in [6.45, 7) is 3.36. The van der Waals surface area contributed by atoms with Gasteiger partial charge in [-0.3, -0.25) is 9.59 Å². The van der Waals surface area contributed by atoms with Crippen LogP contribution in [0.4, 0.5) is 17.6 Å². The second-order valence-corrected chi connectivity index (χ2v) is 12.5. The van der Waals surface area contributed by atoms with Crippen molar-refractivity contribution in [1.29, 1.82) is 0 Å². The molecule has 1 aliphatic carbocycles. The van der Waals surface area contributed by atoms with Crippen LogP contribution in [-0.2, 0) is 15.8 Å². The zero-order valence-electron chi connectivity index (χ0n) is 25.4. The van der Waals surface area contributed by atoms with Crippen LogP contribution in [0.15, 0.2) is 42.5 Å². The van der Waals surface area contributed by atoms with E-state index in [1.165, 1.54) is 25.1 Å². The number of aliphatic hydroxyl groups is 1. The first-order chi connectivity index (χ1) is 22.0. The van der Waals surface area contributed by atoms with Gasteiger partial charge in [0.05, 0.1) is 23.4 Å². The van der Waals surface area contributed by atoms with E-state index < -0.39 is 47.1 Å². The number of hydrogen-bond acceptors (Lipinski definition) is 7. The largest absolute Gasteiger partial charge is 0.489 e. The van der Waals surface area contributed by atoms with E-state index in [4.69, 9.17) is 26.8 Å². The lowest BCUT2D eigenvalue weighted by molar-refractivity contribution is -0.265. The first-order valence-corrected chi connectivity index (χ1v) is 15.0. The molecule has 0 spiro atoms. The SMILES string of the molecule is Cc1cc2cc(C(=O)NCC(O)(c3cc4c(c(-c5ccc(F)c(Cl)c5)n3)OC[C@]4(C)C(N)=O)C(F)(F)F)cc(OC3CC3)c2nc1C. The molecule has 4 N–H and O–H groups in total. The summed E-state index contributed by atoms with van der Waals surface area (Å²) in [5.74, 6) is -2.38. The first-order valence-electron chi connectivity index (χ1n) is 14.6. The van der Waals surface area contributed by atoms with E-state index in [2.05, 4.69) is 15.3 Å². The Balaban J connectivity index is 1.42. The molecule has 2 aromatic carbocycles. The second-order valence-electron chi connectivity index (χ2n) is 12.1. The number of carbonyl (C=O) groups excluding carboxylic acids is 2. The number of rotatable bonds is 8. The van der Waals surface area contributed by atoms with E-state index in [9.17, 15) is 32.3 Å². The van der Waals surface area contributed by atoms with Gasteiger partial charge in [-0.15, -0.1) is 0 Å². The molecule has 47 heavy (non-hydrogen) atoms. The molecule has 246 valence electrons. The van der Waals surface area contributed by atoms with Crippen molar-refractivity contribution >= 4 is 34.3 Å². The summed E-state index contributed by atoms with van der Waals surface area (Å²) in [7, 11) is 0. The van der Waals surface area contributed by atoms with Crippen molar-refractivity contribution < 1.29 is 41.7 Å². The summed E-state index contributed by atoms with van der Waals surface area (Å²) >= 11 is 5.95. The number of carbonyl (C=O) groups is 2. The number of nitrogens with two attached hydrogens (primary N) is 1. The number of hydrogen-bond donors (Lipinski definition) is 3. The van der Waals surface area contributed by atoms with Crippen molar-refractivity contribution in [2.75, 3.05) is 13.2 Å². The number of benzene rings is 2. The van der Waals surface area contributed by atoms with E-state index in [0.717, 1.165) is 42.3 Å². The van der Waals surface area contributed by atoms with Gasteiger partial charge in [-0.1, -0.05) is 11.6 Å². The fourth-order valence-electron chi connectivity index (χ4n) is 5.32. The highest BCUT2D eigenvalue weighted by molar-refractivity contribution is 6.31. The lowest BCUT2D eigenvalue weighted by Crippen LogP contribution is -2.51. The number of primary amides is 1. The topological polar surface area (TPSA) is 137 Å². The second kappa shape index (κ2) is 11.3. The van der Waals surface area contributed by atoms with Gasteiger partial charge in [-0.05, 0) is 81.6 Å². The molecule has 0 bridgehead atoms. The van der Waals surface area contributed by atoms with Crippen LogP contribution in [0.1, 0.15) is 52.6 Å². The van der Waals surface area contributed by atoms with Crippen LogP contribution in [0.2, 0.25) is 5.02 Å². The average molecular weight is 673 g/mol. The van der Waals surface area contributed by atoms with E-state index in [0.29, 0.717) is 16.7 Å². The van der Waals surface area contributed by atoms with Crippen molar-refractivity contribution in [3.05, 3.63) is 81.4 Å². The molecule has 3 heterocycles. The van der Waals surface area contributed by atoms with Crippen LogP contribution >= 0.6 is 11.6 Å². The zero-order chi connectivity index (χ0) is 34.1. The Morgan fingerprint density at radius 2 is 1.87 bits per heavy atom. The molecule has 4 aromatic rings. The van der Waals surface area contributed by atoms with E-state index in [1.807, 2.05) is 13.8 Å². The number of ether oxygens (including phenoxy) is 2. The number of nitrogens with one attached hydrogen (secondary N) is 1. The fourth-order valence-corrected chi connectivity index (χ4v) is 5.50. The van der Waals surface area contributed by atoms with Crippen LogP contribution in [-0.4, -0.2) is 52.3 Å². The third-order valence-electron chi connectivity index (χ3n) is 8.61. The van der Waals surface area contributed by atoms with Crippen molar-refractivity contribution in [3.8, 4) is 22.8 Å². The maximum Gasteiger partial charge on any atom is 0.424 e. The molecule has 2 atom stereocenters. The number of halogens is 5. The quantitative estimate of drug-likeness (QED) is 0.209. The third-order valence-corrected chi connectivity index (χ3v) is 8.90. The zero-order valence-corrected chi connectivity index (χ0v) is 26.1. The number of aromatic nitrogens is 2. The van der Waals surface area contributed by atoms with Gasteiger partial charge in [-0.25, -0.2) is 14.4 Å². The minimum atomic E-state index is -5.38. The molecular formula is C33H29ClF4N4O5. The van der Waals surface area contributed by atoms with Gasteiger partial charge >= 0.3 is 6.18 Å². The highest BCUT2D eigenvalue weighted by Crippen LogP contribution is 2.48. The Labute approximate surface area is 271 Å². The Morgan fingerprint density at radius 3 is 2.51 bits per heavy atom. The lowest BCUT2D eigenvalue weighted by atomic mass is 9.81. The van der Waals surface area contributed by atoms with Crippen molar-refractivity contribution in [3.63, 3.8) is 0 Å². The standard InChI is InChI=1S/C33H29ClF4N4O5/c1-15-8-18-9-19(11-24(47-20-5-6-20)26(18)41-16(15)2)29(43)40-13-32(45,33(36,37)38)25-12-21-28(46-14-31(21,3)30(39)44)27(42-25)17-4-7-23(35)22(34)10-17/h4,7-12,20,45H,5-6,13-14H2,1-3H3,(H2,39,44)(H,40,43)/t31-,32?/m0/s1. The van der Waals surface area contributed by atoms with Crippen LogP contribution in [0, 0.1) is 19.7 Å². The Morgan fingerprint density at radius 1 is 1.15 bits per heavy atom.